The summed E-state index contributed by atoms with van der Waals surface area (Å²) in [6, 6.07) is 6.14. The number of nitrogens with zero attached hydrogens (tertiary/aromatic N) is 1. The zero-order chi connectivity index (χ0) is 21.3. The second-order valence-corrected chi connectivity index (χ2v) is 6.74. The Bertz CT molecular complexity index is 640. The zero-order valence-corrected chi connectivity index (χ0v) is 16.2. The highest BCUT2D eigenvalue weighted by Gasteiger charge is 2.40. The van der Waals surface area contributed by atoms with E-state index in [1.54, 1.807) is 36.3 Å². The van der Waals surface area contributed by atoms with E-state index in [0.717, 1.165) is 12.8 Å². The van der Waals surface area contributed by atoms with E-state index in [1.807, 2.05) is 0 Å². The fourth-order valence-corrected chi connectivity index (χ4v) is 2.83. The van der Waals surface area contributed by atoms with Gasteiger partial charge in [-0.2, -0.15) is 8.78 Å². The lowest BCUT2D eigenvalue weighted by Crippen LogP contribution is -2.43. The zero-order valence-electron chi connectivity index (χ0n) is 16.2. The molecule has 0 atom stereocenters. The van der Waals surface area contributed by atoms with Gasteiger partial charge in [-0.15, -0.1) is 0 Å². The minimum absolute atomic E-state index is 0.0982. The van der Waals surface area contributed by atoms with Crippen molar-refractivity contribution in [1.29, 1.82) is 0 Å². The van der Waals surface area contributed by atoms with Gasteiger partial charge in [0.25, 0.3) is 0 Å². The predicted octanol–water partition coefficient (Wildman–Crippen LogP) is 3.76. The number of carbonyl (C=O) groups excluding carboxylic acids is 1. The Hall–Kier alpha value is -1.91. The van der Waals surface area contributed by atoms with Crippen LogP contribution in [-0.2, 0) is 20.8 Å². The summed E-state index contributed by atoms with van der Waals surface area (Å²) in [5.41, 5.74) is 0.952. The van der Waals surface area contributed by atoms with Crippen molar-refractivity contribution in [2.24, 2.45) is 0 Å². The third kappa shape index (κ3) is 7.79. The van der Waals surface area contributed by atoms with Gasteiger partial charge in [0.05, 0.1) is 25.9 Å². The largest absolute Gasteiger partial charge is 0.382 e. The maximum absolute atomic E-state index is 12.9. The number of hydrogen-bond acceptors (Lipinski definition) is 4. The number of halogens is 4. The smallest absolute Gasteiger partial charge is 0.330 e. The van der Waals surface area contributed by atoms with E-state index in [-0.39, 0.29) is 18.7 Å². The van der Waals surface area contributed by atoms with E-state index >= 15 is 0 Å². The Morgan fingerprint density at radius 3 is 2.66 bits per heavy atom. The van der Waals surface area contributed by atoms with Crippen molar-refractivity contribution in [2.75, 3.05) is 45.3 Å². The van der Waals surface area contributed by atoms with Gasteiger partial charge in [0.15, 0.2) is 0 Å². The van der Waals surface area contributed by atoms with E-state index in [0.29, 0.717) is 37.6 Å². The second kappa shape index (κ2) is 11.3. The average Bonchev–Trinajstić information content (AvgIpc) is 2.69. The first-order valence-electron chi connectivity index (χ1n) is 9.31. The van der Waals surface area contributed by atoms with Crippen LogP contribution in [0.2, 0.25) is 0 Å². The van der Waals surface area contributed by atoms with Crippen molar-refractivity contribution in [2.45, 2.75) is 37.9 Å². The van der Waals surface area contributed by atoms with Crippen LogP contribution in [-0.4, -0.2) is 69.4 Å². The van der Waals surface area contributed by atoms with Gasteiger partial charge in [-0.1, -0.05) is 12.1 Å². The van der Waals surface area contributed by atoms with E-state index in [2.05, 4.69) is 5.32 Å². The number of piperidine rings is 1. The monoisotopic (exact) mass is 422 g/mol. The molecule has 0 unspecified atom stereocenters. The van der Waals surface area contributed by atoms with Crippen molar-refractivity contribution in [3.63, 3.8) is 0 Å². The summed E-state index contributed by atoms with van der Waals surface area (Å²) >= 11 is 0. The van der Waals surface area contributed by atoms with Gasteiger partial charge in [0, 0.05) is 25.9 Å². The number of carbonyl (C=O) groups is 1. The molecular weight excluding hydrogens is 396 g/mol. The molecule has 0 aromatic heterocycles. The summed E-state index contributed by atoms with van der Waals surface area (Å²) in [6.07, 6.45) is -2.23. The molecule has 6 nitrogen and oxygen atoms in total. The molecule has 2 amide bonds. The SMILES string of the molecule is COCCOC1CCN(C(=O)Nc2cccc(COCC(F)(F)C(F)F)c2)CC1. The van der Waals surface area contributed by atoms with Crippen LogP contribution in [0.25, 0.3) is 0 Å². The number of ether oxygens (including phenoxy) is 3. The van der Waals surface area contributed by atoms with E-state index < -0.39 is 19.0 Å². The van der Waals surface area contributed by atoms with E-state index in [4.69, 9.17) is 14.2 Å². The Kier molecular flexibility index (Phi) is 9.12. The number of hydrogen-bond donors (Lipinski definition) is 1. The molecule has 0 bridgehead atoms. The van der Waals surface area contributed by atoms with Crippen LogP contribution in [0, 0.1) is 0 Å². The van der Waals surface area contributed by atoms with Crippen LogP contribution in [0.3, 0.4) is 0 Å². The third-order valence-corrected chi connectivity index (χ3v) is 4.43. The van der Waals surface area contributed by atoms with E-state index in [9.17, 15) is 22.4 Å². The average molecular weight is 422 g/mol. The molecule has 29 heavy (non-hydrogen) atoms. The molecular formula is C19H26F4N2O4. The van der Waals surface area contributed by atoms with Crippen LogP contribution in [0.5, 0.6) is 0 Å². The number of alkyl halides is 4. The first-order chi connectivity index (χ1) is 13.8. The van der Waals surface area contributed by atoms with Crippen molar-refractivity contribution >= 4 is 11.7 Å². The molecule has 1 heterocycles. The van der Waals surface area contributed by atoms with Crippen molar-refractivity contribution in [3.8, 4) is 0 Å². The molecule has 0 radical (unpaired) electrons. The minimum atomic E-state index is -4.19. The quantitative estimate of drug-likeness (QED) is 0.461. The highest BCUT2D eigenvalue weighted by molar-refractivity contribution is 5.89. The third-order valence-electron chi connectivity index (χ3n) is 4.43. The number of nitrogens with one attached hydrogen (secondary N) is 1. The number of anilines is 1. The summed E-state index contributed by atoms with van der Waals surface area (Å²) in [7, 11) is 1.61. The normalized spacial score (nSPS) is 15.7. The summed E-state index contributed by atoms with van der Waals surface area (Å²) in [5, 5.41) is 2.75. The van der Waals surface area contributed by atoms with Crippen LogP contribution in [0.15, 0.2) is 24.3 Å². The van der Waals surface area contributed by atoms with Gasteiger partial charge in [-0.05, 0) is 30.5 Å². The van der Waals surface area contributed by atoms with Gasteiger partial charge in [-0.25, -0.2) is 13.6 Å². The highest BCUT2D eigenvalue weighted by atomic mass is 19.3. The lowest BCUT2D eigenvalue weighted by atomic mass is 10.1. The molecule has 1 saturated heterocycles. The molecule has 2 rings (SSSR count). The Balaban J connectivity index is 1.77. The molecule has 1 aliphatic rings. The molecule has 0 spiro atoms. The van der Waals surface area contributed by atoms with Crippen molar-refractivity contribution < 1.29 is 36.6 Å². The molecule has 1 aromatic carbocycles. The molecule has 1 aromatic rings. The summed E-state index contributed by atoms with van der Waals surface area (Å²) in [6.45, 7) is 0.509. The Labute approximate surface area is 167 Å². The summed E-state index contributed by atoms with van der Waals surface area (Å²) < 4.78 is 65.3. The number of rotatable bonds is 10. The fourth-order valence-electron chi connectivity index (χ4n) is 2.83. The van der Waals surface area contributed by atoms with E-state index in [1.165, 1.54) is 0 Å². The molecule has 164 valence electrons. The van der Waals surface area contributed by atoms with Gasteiger partial charge >= 0.3 is 18.4 Å². The van der Waals surface area contributed by atoms with Gasteiger partial charge < -0.3 is 24.4 Å². The lowest BCUT2D eigenvalue weighted by Gasteiger charge is -2.32. The standard InChI is InChI=1S/C19H26F4N2O4/c1-27-9-10-29-16-5-7-25(8-6-16)18(26)24-15-4-2-3-14(11-15)12-28-13-19(22,23)17(20)21/h2-4,11,16-17H,5-10,12-13H2,1H3,(H,24,26). The number of likely N-dealkylation sites (tertiary alicyclic amines) is 1. The highest BCUT2D eigenvalue weighted by Crippen LogP contribution is 2.23. The maximum Gasteiger partial charge on any atom is 0.330 e. The van der Waals surface area contributed by atoms with Crippen LogP contribution >= 0.6 is 0 Å². The van der Waals surface area contributed by atoms with Crippen LogP contribution in [0.1, 0.15) is 18.4 Å². The van der Waals surface area contributed by atoms with Gasteiger partial charge in [0.1, 0.15) is 6.61 Å². The first kappa shape index (κ1) is 23.4. The molecule has 1 N–H and O–H groups in total. The van der Waals surface area contributed by atoms with Crippen molar-refractivity contribution in [3.05, 3.63) is 29.8 Å². The minimum Gasteiger partial charge on any atom is -0.382 e. The first-order valence-corrected chi connectivity index (χ1v) is 9.31. The van der Waals surface area contributed by atoms with Crippen LogP contribution < -0.4 is 5.32 Å². The molecule has 1 aliphatic heterocycles. The molecule has 1 fully saturated rings. The second-order valence-electron chi connectivity index (χ2n) is 6.74. The summed E-state index contributed by atoms with van der Waals surface area (Å²) in [4.78, 5) is 14.1. The molecule has 10 heteroatoms. The number of amides is 2. The Morgan fingerprint density at radius 2 is 2.00 bits per heavy atom. The Morgan fingerprint density at radius 1 is 1.28 bits per heavy atom. The molecule has 0 aliphatic carbocycles. The number of urea groups is 1. The van der Waals surface area contributed by atoms with Crippen molar-refractivity contribution in [1.82, 2.24) is 4.90 Å². The topological polar surface area (TPSA) is 60.0 Å². The van der Waals surface area contributed by atoms with Crippen LogP contribution in [0.4, 0.5) is 28.0 Å². The summed E-state index contributed by atoms with van der Waals surface area (Å²) in [5.74, 6) is -4.19. The lowest BCUT2D eigenvalue weighted by molar-refractivity contribution is -0.168. The number of methoxy groups -OCH3 is 1. The fraction of sp³-hybridized carbons (Fsp3) is 0.632. The van der Waals surface area contributed by atoms with Gasteiger partial charge in [0.2, 0.25) is 0 Å². The molecule has 0 saturated carbocycles. The number of benzene rings is 1. The van der Waals surface area contributed by atoms with Gasteiger partial charge in [-0.3, -0.25) is 0 Å². The predicted molar refractivity (Wildman–Crippen MR) is 98.5 cm³/mol. The maximum atomic E-state index is 12.9.